The lowest BCUT2D eigenvalue weighted by Gasteiger charge is -2.41. The highest BCUT2D eigenvalue weighted by molar-refractivity contribution is 6.56. The molecule has 7 heteroatoms. The average Bonchev–Trinajstić information content (AvgIpc) is 2.82. The number of amides is 1. The van der Waals surface area contributed by atoms with Crippen molar-refractivity contribution in [2.75, 3.05) is 0 Å². The fourth-order valence-corrected chi connectivity index (χ4v) is 6.69. The maximum absolute atomic E-state index is 13.3. The number of ether oxygens (including phenoxy) is 3. The summed E-state index contributed by atoms with van der Waals surface area (Å²) in [6.07, 6.45) is -0.483. The van der Waals surface area contributed by atoms with Gasteiger partial charge >= 0.3 is 6.09 Å². The van der Waals surface area contributed by atoms with Crippen LogP contribution < -0.4 is 0 Å². The van der Waals surface area contributed by atoms with E-state index >= 15 is 0 Å². The van der Waals surface area contributed by atoms with Crippen LogP contribution in [0.25, 0.3) is 0 Å². The van der Waals surface area contributed by atoms with Crippen LogP contribution in [0.3, 0.4) is 0 Å². The first kappa shape index (κ1) is 23.2. The molecule has 2 saturated heterocycles. The second-order valence-electron chi connectivity index (χ2n) is 11.2. The molecule has 28 heavy (non-hydrogen) atoms. The molecule has 0 aromatic heterocycles. The second-order valence-corrected chi connectivity index (χ2v) is 14.4. The Morgan fingerprint density at radius 1 is 1.21 bits per heavy atom. The first-order valence-corrected chi connectivity index (χ1v) is 13.4. The van der Waals surface area contributed by atoms with E-state index in [1.807, 2.05) is 34.6 Å². The standard InChI is InChI=1S/C21H38N2O4Si/c1-18(2,3)15-16-21(13-28(9)10,27-20(7,8)25-16)14(11-12-22)23(15)17(24)26-19(4,5)6/h14-16,28H,11,13H2,1-10H3. The second kappa shape index (κ2) is 7.30. The van der Waals surface area contributed by atoms with Gasteiger partial charge in [-0.1, -0.05) is 33.9 Å². The zero-order valence-electron chi connectivity index (χ0n) is 19.3. The summed E-state index contributed by atoms with van der Waals surface area (Å²) in [5.41, 5.74) is -1.55. The summed E-state index contributed by atoms with van der Waals surface area (Å²) in [5, 5.41) is 9.63. The fraction of sp³-hybridized carbons (Fsp3) is 0.905. The van der Waals surface area contributed by atoms with E-state index in [-0.39, 0.29) is 24.0 Å². The Kier molecular flexibility index (Phi) is 6.04. The van der Waals surface area contributed by atoms with Crippen LogP contribution in [0.4, 0.5) is 4.79 Å². The van der Waals surface area contributed by atoms with Crippen molar-refractivity contribution in [3.05, 3.63) is 0 Å². The number of fused-ring (bicyclic) bond motifs is 1. The topological polar surface area (TPSA) is 71.8 Å². The van der Waals surface area contributed by atoms with Crippen LogP contribution in [-0.2, 0) is 14.2 Å². The van der Waals surface area contributed by atoms with Gasteiger partial charge in [-0.3, -0.25) is 4.90 Å². The predicted molar refractivity (Wildman–Crippen MR) is 112 cm³/mol. The third-order valence-corrected chi connectivity index (χ3v) is 6.77. The van der Waals surface area contributed by atoms with Crippen molar-refractivity contribution in [2.45, 2.75) is 116 Å². The van der Waals surface area contributed by atoms with Crippen molar-refractivity contribution in [1.29, 1.82) is 5.26 Å². The van der Waals surface area contributed by atoms with Gasteiger partial charge in [0.05, 0.1) is 24.6 Å². The highest BCUT2D eigenvalue weighted by atomic mass is 28.3. The Morgan fingerprint density at radius 2 is 1.79 bits per heavy atom. The molecule has 2 aliphatic rings. The molecule has 2 rings (SSSR count). The van der Waals surface area contributed by atoms with Crippen molar-refractivity contribution >= 4 is 14.9 Å². The van der Waals surface area contributed by atoms with Gasteiger partial charge in [-0.15, -0.1) is 0 Å². The summed E-state index contributed by atoms with van der Waals surface area (Å²) >= 11 is 0. The zero-order chi connectivity index (χ0) is 21.7. The lowest BCUT2D eigenvalue weighted by molar-refractivity contribution is -0.185. The van der Waals surface area contributed by atoms with E-state index in [2.05, 4.69) is 39.9 Å². The number of carbonyl (C=O) groups excluding carboxylic acids is 1. The van der Waals surface area contributed by atoms with Crippen LogP contribution in [0.2, 0.25) is 19.1 Å². The first-order valence-electron chi connectivity index (χ1n) is 10.3. The maximum atomic E-state index is 13.3. The smallest absolute Gasteiger partial charge is 0.411 e. The first-order chi connectivity index (χ1) is 12.5. The Balaban J connectivity index is 2.63. The molecule has 4 atom stereocenters. The third-order valence-electron chi connectivity index (χ3n) is 5.32. The molecule has 0 spiro atoms. The predicted octanol–water partition coefficient (Wildman–Crippen LogP) is 4.31. The third kappa shape index (κ3) is 4.39. The molecule has 6 nitrogen and oxygen atoms in total. The SMILES string of the molecule is C[SiH](C)CC12OC(C)(C)OC1C(C(C)(C)C)N(C(=O)OC(C)(C)C)C2CC#N. The van der Waals surface area contributed by atoms with Gasteiger partial charge in [0.25, 0.3) is 0 Å². The van der Waals surface area contributed by atoms with Crippen LogP contribution in [0, 0.1) is 16.7 Å². The van der Waals surface area contributed by atoms with E-state index in [1.165, 1.54) is 0 Å². The van der Waals surface area contributed by atoms with Gasteiger partial charge in [0.1, 0.15) is 17.3 Å². The quantitative estimate of drug-likeness (QED) is 0.648. The lowest BCUT2D eigenvalue weighted by atomic mass is 9.80. The van der Waals surface area contributed by atoms with Gasteiger partial charge in [0.2, 0.25) is 0 Å². The van der Waals surface area contributed by atoms with Gasteiger partial charge in [-0.25, -0.2) is 4.79 Å². The van der Waals surface area contributed by atoms with Gasteiger partial charge in [0, 0.05) is 8.80 Å². The average molecular weight is 411 g/mol. The molecule has 2 fully saturated rings. The van der Waals surface area contributed by atoms with Crippen LogP contribution in [0.5, 0.6) is 0 Å². The number of carbonyl (C=O) groups is 1. The van der Waals surface area contributed by atoms with Crippen LogP contribution >= 0.6 is 0 Å². The summed E-state index contributed by atoms with van der Waals surface area (Å²) in [5.74, 6) is -0.745. The number of likely N-dealkylation sites (tertiary alicyclic amines) is 1. The Hall–Kier alpha value is -1.10. The van der Waals surface area contributed by atoms with Gasteiger partial charge in [0.15, 0.2) is 5.79 Å². The molecule has 2 aliphatic heterocycles. The largest absolute Gasteiger partial charge is 0.444 e. The Labute approximate surface area is 172 Å². The van der Waals surface area contributed by atoms with Gasteiger partial charge in [-0.2, -0.15) is 5.26 Å². The normalized spacial score (nSPS) is 32.4. The molecule has 1 amide bonds. The molecule has 0 aromatic rings. The van der Waals surface area contributed by atoms with Crippen molar-refractivity contribution < 1.29 is 19.0 Å². The van der Waals surface area contributed by atoms with E-state index in [0.717, 1.165) is 6.04 Å². The van der Waals surface area contributed by atoms with E-state index in [9.17, 15) is 10.1 Å². The Morgan fingerprint density at radius 3 is 2.21 bits per heavy atom. The van der Waals surface area contributed by atoms with E-state index in [0.29, 0.717) is 0 Å². The molecular formula is C21H38N2O4Si. The summed E-state index contributed by atoms with van der Waals surface area (Å²) in [6.45, 7) is 20.3. The zero-order valence-corrected chi connectivity index (χ0v) is 20.4. The number of hydrogen-bond donors (Lipinski definition) is 0. The molecule has 0 aliphatic carbocycles. The van der Waals surface area contributed by atoms with Gasteiger partial charge < -0.3 is 14.2 Å². The van der Waals surface area contributed by atoms with Crippen LogP contribution in [0.1, 0.15) is 61.8 Å². The van der Waals surface area contributed by atoms with Crippen molar-refractivity contribution in [3.8, 4) is 6.07 Å². The Bertz CT molecular complexity index is 644. The van der Waals surface area contributed by atoms with Crippen molar-refractivity contribution in [1.82, 2.24) is 4.90 Å². The monoisotopic (exact) mass is 410 g/mol. The van der Waals surface area contributed by atoms with E-state index in [1.54, 1.807) is 4.90 Å². The minimum absolute atomic E-state index is 0.197. The number of hydrogen-bond acceptors (Lipinski definition) is 5. The molecule has 2 heterocycles. The molecule has 0 saturated carbocycles. The van der Waals surface area contributed by atoms with Gasteiger partial charge in [-0.05, 0) is 46.1 Å². The molecular weight excluding hydrogens is 372 g/mol. The molecule has 160 valence electrons. The molecule has 0 radical (unpaired) electrons. The summed E-state index contributed by atoms with van der Waals surface area (Å²) in [7, 11) is -1.10. The number of nitrogens with zero attached hydrogens (tertiary/aromatic N) is 2. The summed E-state index contributed by atoms with van der Waals surface area (Å²) in [6, 6.07) is 2.51. The number of rotatable bonds is 3. The van der Waals surface area contributed by atoms with E-state index in [4.69, 9.17) is 14.2 Å². The maximum Gasteiger partial charge on any atom is 0.411 e. The summed E-state index contributed by atoms with van der Waals surface area (Å²) < 4.78 is 18.8. The fourth-order valence-electron chi connectivity index (χ4n) is 4.83. The molecule has 4 unspecified atom stereocenters. The van der Waals surface area contributed by atoms with E-state index < -0.39 is 37.9 Å². The minimum atomic E-state index is -1.10. The van der Waals surface area contributed by atoms with Crippen molar-refractivity contribution in [3.63, 3.8) is 0 Å². The highest BCUT2D eigenvalue weighted by Gasteiger charge is 2.70. The molecule has 0 N–H and O–H groups in total. The molecule has 0 aromatic carbocycles. The van der Waals surface area contributed by atoms with Crippen LogP contribution in [-0.4, -0.2) is 55.0 Å². The van der Waals surface area contributed by atoms with Crippen LogP contribution in [0.15, 0.2) is 0 Å². The van der Waals surface area contributed by atoms with Crippen molar-refractivity contribution in [2.24, 2.45) is 5.41 Å². The molecule has 0 bridgehead atoms. The highest BCUT2D eigenvalue weighted by Crippen LogP contribution is 2.55. The number of nitriles is 1. The lowest BCUT2D eigenvalue weighted by Crippen LogP contribution is -2.54. The minimum Gasteiger partial charge on any atom is -0.444 e. The summed E-state index contributed by atoms with van der Waals surface area (Å²) in [4.78, 5) is 15.1.